The first-order chi connectivity index (χ1) is 14.5. The third-order valence-corrected chi connectivity index (χ3v) is 5.66. The average molecular weight is 426 g/mol. The van der Waals surface area contributed by atoms with Gasteiger partial charge in [-0.15, -0.1) is 0 Å². The van der Waals surface area contributed by atoms with Crippen LogP contribution in [0.4, 0.5) is 5.69 Å². The molecule has 8 heteroatoms. The third kappa shape index (κ3) is 6.13. The predicted molar refractivity (Wildman–Crippen MR) is 114 cm³/mol. The van der Waals surface area contributed by atoms with E-state index in [1.807, 2.05) is 36.4 Å². The summed E-state index contributed by atoms with van der Waals surface area (Å²) in [6, 6.07) is 18.9. The Morgan fingerprint density at radius 2 is 1.83 bits per heavy atom. The highest BCUT2D eigenvalue weighted by Crippen LogP contribution is 2.17. The van der Waals surface area contributed by atoms with E-state index in [-0.39, 0.29) is 17.3 Å². The number of hydrogen-bond donors (Lipinski definition) is 2. The second-order valence-electron chi connectivity index (χ2n) is 6.51. The number of rotatable bonds is 9. The number of carbonyl (C=O) groups excluding carboxylic acids is 1. The quantitative estimate of drug-likeness (QED) is 0.547. The van der Waals surface area contributed by atoms with E-state index in [0.717, 1.165) is 11.3 Å². The van der Waals surface area contributed by atoms with Gasteiger partial charge in [0.1, 0.15) is 12.4 Å². The SMILES string of the molecule is CCC(=O)Nc1ccc(S(=O)(=O)NCc2cccc(OCc3ccccn3)c2)cc1. The summed E-state index contributed by atoms with van der Waals surface area (Å²) in [5.41, 5.74) is 2.13. The molecule has 0 aliphatic heterocycles. The highest BCUT2D eigenvalue weighted by molar-refractivity contribution is 7.89. The number of aromatic nitrogens is 1. The normalized spacial score (nSPS) is 11.1. The van der Waals surface area contributed by atoms with Crippen LogP contribution in [0.3, 0.4) is 0 Å². The lowest BCUT2D eigenvalue weighted by Gasteiger charge is -2.10. The van der Waals surface area contributed by atoms with Gasteiger partial charge in [-0.05, 0) is 54.1 Å². The van der Waals surface area contributed by atoms with Crippen LogP contribution in [0, 0.1) is 0 Å². The Kier molecular flexibility index (Phi) is 7.16. The maximum Gasteiger partial charge on any atom is 0.240 e. The van der Waals surface area contributed by atoms with Gasteiger partial charge in [0, 0.05) is 24.8 Å². The maximum atomic E-state index is 12.6. The standard InChI is InChI=1S/C22H23N3O4S/c1-2-22(26)25-18-9-11-21(12-10-18)30(27,28)24-15-17-6-5-8-20(14-17)29-16-19-7-3-4-13-23-19/h3-14,24H,2,15-16H2,1H3,(H,25,26). The summed E-state index contributed by atoms with van der Waals surface area (Å²) in [5, 5.41) is 2.69. The second kappa shape index (κ2) is 10.00. The summed E-state index contributed by atoms with van der Waals surface area (Å²) in [5.74, 6) is 0.502. The molecule has 1 amide bonds. The van der Waals surface area contributed by atoms with E-state index in [4.69, 9.17) is 4.74 Å². The number of carbonyl (C=O) groups is 1. The molecule has 0 aliphatic carbocycles. The lowest BCUT2D eigenvalue weighted by atomic mass is 10.2. The van der Waals surface area contributed by atoms with E-state index in [9.17, 15) is 13.2 Å². The number of benzene rings is 2. The van der Waals surface area contributed by atoms with Crippen molar-refractivity contribution in [2.24, 2.45) is 0 Å². The van der Waals surface area contributed by atoms with Crippen molar-refractivity contribution >= 4 is 21.6 Å². The number of nitrogens with one attached hydrogen (secondary N) is 2. The van der Waals surface area contributed by atoms with Crippen molar-refractivity contribution in [2.75, 3.05) is 5.32 Å². The Morgan fingerprint density at radius 1 is 1.03 bits per heavy atom. The number of ether oxygens (including phenoxy) is 1. The van der Waals surface area contributed by atoms with Gasteiger partial charge in [-0.1, -0.05) is 25.1 Å². The Hall–Kier alpha value is -3.23. The van der Waals surface area contributed by atoms with Crippen LogP contribution in [0.5, 0.6) is 5.75 Å². The van der Waals surface area contributed by atoms with Gasteiger partial charge in [0.2, 0.25) is 15.9 Å². The fourth-order valence-corrected chi connectivity index (χ4v) is 3.63. The zero-order chi connectivity index (χ0) is 21.4. The van der Waals surface area contributed by atoms with Crippen LogP contribution >= 0.6 is 0 Å². The molecule has 0 bridgehead atoms. The molecule has 30 heavy (non-hydrogen) atoms. The van der Waals surface area contributed by atoms with E-state index in [2.05, 4.69) is 15.0 Å². The van der Waals surface area contributed by atoms with Gasteiger partial charge >= 0.3 is 0 Å². The van der Waals surface area contributed by atoms with Crippen LogP contribution in [0.25, 0.3) is 0 Å². The van der Waals surface area contributed by atoms with Crippen molar-refractivity contribution in [3.63, 3.8) is 0 Å². The molecule has 3 rings (SSSR count). The molecule has 0 aliphatic rings. The number of anilines is 1. The minimum absolute atomic E-state index is 0.122. The van der Waals surface area contributed by atoms with Crippen molar-refractivity contribution in [3.05, 3.63) is 84.2 Å². The molecule has 0 saturated heterocycles. The largest absolute Gasteiger partial charge is 0.487 e. The van der Waals surface area contributed by atoms with Crippen molar-refractivity contribution in [2.45, 2.75) is 31.4 Å². The van der Waals surface area contributed by atoms with Crippen molar-refractivity contribution < 1.29 is 17.9 Å². The molecule has 2 N–H and O–H groups in total. The van der Waals surface area contributed by atoms with Crippen LogP contribution in [0.1, 0.15) is 24.6 Å². The molecular formula is C22H23N3O4S. The van der Waals surface area contributed by atoms with Gasteiger partial charge in [0.15, 0.2) is 0 Å². The topological polar surface area (TPSA) is 97.4 Å². The molecule has 0 radical (unpaired) electrons. The summed E-state index contributed by atoms with van der Waals surface area (Å²) in [6.45, 7) is 2.20. The van der Waals surface area contributed by atoms with Crippen LogP contribution in [-0.2, 0) is 28.0 Å². The smallest absolute Gasteiger partial charge is 0.240 e. The Balaban J connectivity index is 1.59. The molecule has 2 aromatic carbocycles. The van der Waals surface area contributed by atoms with Crippen molar-refractivity contribution in [1.82, 2.24) is 9.71 Å². The summed E-state index contributed by atoms with van der Waals surface area (Å²) in [4.78, 5) is 15.8. The summed E-state index contributed by atoms with van der Waals surface area (Å²) < 4.78 is 33.4. The molecule has 1 aromatic heterocycles. The minimum atomic E-state index is -3.69. The van der Waals surface area contributed by atoms with Gasteiger partial charge in [0.25, 0.3) is 0 Å². The second-order valence-corrected chi connectivity index (χ2v) is 8.27. The van der Waals surface area contributed by atoms with Crippen molar-refractivity contribution in [1.29, 1.82) is 0 Å². The van der Waals surface area contributed by atoms with E-state index < -0.39 is 10.0 Å². The average Bonchev–Trinajstić information content (AvgIpc) is 2.78. The number of amides is 1. The fourth-order valence-electron chi connectivity index (χ4n) is 2.61. The van der Waals surface area contributed by atoms with Crippen LogP contribution < -0.4 is 14.8 Å². The number of pyridine rings is 1. The first-order valence-corrected chi connectivity index (χ1v) is 11.0. The highest BCUT2D eigenvalue weighted by atomic mass is 32.2. The van der Waals surface area contributed by atoms with Gasteiger partial charge in [-0.2, -0.15) is 0 Å². The molecule has 156 valence electrons. The fraction of sp³-hybridized carbons (Fsp3) is 0.182. The van der Waals surface area contributed by atoms with Gasteiger partial charge in [-0.25, -0.2) is 13.1 Å². The van der Waals surface area contributed by atoms with Gasteiger partial charge in [-0.3, -0.25) is 9.78 Å². The first-order valence-electron chi connectivity index (χ1n) is 9.47. The molecule has 7 nitrogen and oxygen atoms in total. The van der Waals surface area contributed by atoms with E-state index >= 15 is 0 Å². The Bertz CT molecular complexity index is 1080. The lowest BCUT2D eigenvalue weighted by molar-refractivity contribution is -0.115. The predicted octanol–water partition coefficient (Wildman–Crippen LogP) is 3.49. The summed E-state index contributed by atoms with van der Waals surface area (Å²) in [6.07, 6.45) is 2.06. The van der Waals surface area contributed by atoms with Crippen LogP contribution in [0.2, 0.25) is 0 Å². The Morgan fingerprint density at radius 3 is 2.53 bits per heavy atom. The summed E-state index contributed by atoms with van der Waals surface area (Å²) >= 11 is 0. The van der Waals surface area contributed by atoms with Gasteiger partial charge < -0.3 is 10.1 Å². The van der Waals surface area contributed by atoms with Crippen LogP contribution in [-0.4, -0.2) is 19.3 Å². The highest BCUT2D eigenvalue weighted by Gasteiger charge is 2.14. The lowest BCUT2D eigenvalue weighted by Crippen LogP contribution is -2.23. The number of hydrogen-bond acceptors (Lipinski definition) is 5. The van der Waals surface area contributed by atoms with Crippen molar-refractivity contribution in [3.8, 4) is 5.75 Å². The van der Waals surface area contributed by atoms with Gasteiger partial charge in [0.05, 0.1) is 10.6 Å². The van der Waals surface area contributed by atoms with Crippen LogP contribution in [0.15, 0.2) is 77.8 Å². The third-order valence-electron chi connectivity index (χ3n) is 4.25. The number of nitrogens with zero attached hydrogens (tertiary/aromatic N) is 1. The van der Waals surface area contributed by atoms with E-state index in [0.29, 0.717) is 24.5 Å². The zero-order valence-electron chi connectivity index (χ0n) is 16.5. The zero-order valence-corrected chi connectivity index (χ0v) is 17.4. The molecule has 0 atom stereocenters. The molecule has 0 saturated carbocycles. The van der Waals surface area contributed by atoms with E-state index in [1.54, 1.807) is 31.3 Å². The number of sulfonamides is 1. The minimum Gasteiger partial charge on any atom is -0.487 e. The monoisotopic (exact) mass is 425 g/mol. The molecule has 3 aromatic rings. The first kappa shape index (κ1) is 21.5. The molecule has 0 spiro atoms. The maximum absolute atomic E-state index is 12.6. The molecule has 0 unspecified atom stereocenters. The Labute approximate surface area is 176 Å². The molecule has 1 heterocycles. The molecule has 0 fully saturated rings. The van der Waals surface area contributed by atoms with E-state index in [1.165, 1.54) is 12.1 Å². The molecular weight excluding hydrogens is 402 g/mol. The summed E-state index contributed by atoms with van der Waals surface area (Å²) in [7, 11) is -3.69.